The Morgan fingerprint density at radius 2 is 1.65 bits per heavy atom. The van der Waals surface area contributed by atoms with Crippen molar-refractivity contribution in [1.82, 2.24) is 5.32 Å². The first kappa shape index (κ1) is 14.9. The van der Waals surface area contributed by atoms with Gasteiger partial charge in [0.05, 0.1) is 5.54 Å². The van der Waals surface area contributed by atoms with Gasteiger partial charge in [-0.25, -0.2) is 0 Å². The second kappa shape index (κ2) is 5.86. The van der Waals surface area contributed by atoms with Crippen molar-refractivity contribution in [2.45, 2.75) is 19.4 Å². The molecule has 104 valence electrons. The van der Waals surface area contributed by atoms with E-state index in [0.717, 1.165) is 5.56 Å². The number of carbonyl (C=O) groups excluding carboxylic acids is 1. The molecule has 2 aromatic rings. The van der Waals surface area contributed by atoms with E-state index in [1.807, 2.05) is 38.1 Å². The van der Waals surface area contributed by atoms with Crippen LogP contribution in [-0.2, 0) is 5.54 Å². The first-order chi connectivity index (χ1) is 9.38. The SMILES string of the molecule is CC(C)(NC(=O)c1cccc(Cl)c1)c1ccc(Cl)cc1. The highest BCUT2D eigenvalue weighted by Crippen LogP contribution is 2.22. The average Bonchev–Trinajstić information content (AvgIpc) is 2.38. The molecule has 0 aliphatic rings. The van der Waals surface area contributed by atoms with Crippen LogP contribution in [0.2, 0.25) is 10.0 Å². The van der Waals surface area contributed by atoms with Crippen LogP contribution in [0.25, 0.3) is 0 Å². The van der Waals surface area contributed by atoms with Gasteiger partial charge < -0.3 is 5.32 Å². The highest BCUT2D eigenvalue weighted by Gasteiger charge is 2.23. The van der Waals surface area contributed by atoms with Crippen molar-refractivity contribution in [1.29, 1.82) is 0 Å². The quantitative estimate of drug-likeness (QED) is 0.878. The fourth-order valence-corrected chi connectivity index (χ4v) is 2.24. The van der Waals surface area contributed by atoms with E-state index in [4.69, 9.17) is 23.2 Å². The lowest BCUT2D eigenvalue weighted by Crippen LogP contribution is -2.40. The molecule has 0 atom stereocenters. The summed E-state index contributed by atoms with van der Waals surface area (Å²) in [4.78, 5) is 12.3. The summed E-state index contributed by atoms with van der Waals surface area (Å²) in [7, 11) is 0. The molecule has 0 radical (unpaired) electrons. The molecular formula is C16H15Cl2NO. The molecule has 0 saturated heterocycles. The van der Waals surface area contributed by atoms with Crippen molar-refractivity contribution >= 4 is 29.1 Å². The molecule has 0 aliphatic heterocycles. The maximum Gasteiger partial charge on any atom is 0.252 e. The Balaban J connectivity index is 2.19. The van der Waals surface area contributed by atoms with Crippen LogP contribution < -0.4 is 5.32 Å². The molecular weight excluding hydrogens is 293 g/mol. The molecule has 0 spiro atoms. The van der Waals surface area contributed by atoms with E-state index in [-0.39, 0.29) is 5.91 Å². The number of amides is 1. The Bertz CT molecular complexity index is 621. The van der Waals surface area contributed by atoms with Gasteiger partial charge in [0.2, 0.25) is 0 Å². The van der Waals surface area contributed by atoms with Gasteiger partial charge in [0, 0.05) is 15.6 Å². The number of hydrogen-bond donors (Lipinski definition) is 1. The molecule has 0 unspecified atom stereocenters. The highest BCUT2D eigenvalue weighted by molar-refractivity contribution is 6.31. The van der Waals surface area contributed by atoms with E-state index < -0.39 is 5.54 Å². The number of halogens is 2. The zero-order valence-corrected chi connectivity index (χ0v) is 12.8. The van der Waals surface area contributed by atoms with Gasteiger partial charge in [-0.2, -0.15) is 0 Å². The van der Waals surface area contributed by atoms with Gasteiger partial charge in [0.1, 0.15) is 0 Å². The molecule has 2 nitrogen and oxygen atoms in total. The van der Waals surface area contributed by atoms with E-state index in [2.05, 4.69) is 5.32 Å². The van der Waals surface area contributed by atoms with Gasteiger partial charge in [-0.1, -0.05) is 41.4 Å². The van der Waals surface area contributed by atoms with E-state index in [1.165, 1.54) is 0 Å². The second-order valence-electron chi connectivity index (χ2n) is 5.10. The van der Waals surface area contributed by atoms with Crippen molar-refractivity contribution in [3.63, 3.8) is 0 Å². The molecule has 0 bridgehead atoms. The lowest BCUT2D eigenvalue weighted by Gasteiger charge is -2.27. The third kappa shape index (κ3) is 3.53. The number of nitrogens with one attached hydrogen (secondary N) is 1. The monoisotopic (exact) mass is 307 g/mol. The van der Waals surface area contributed by atoms with Crippen molar-refractivity contribution in [2.24, 2.45) is 0 Å². The van der Waals surface area contributed by atoms with Gasteiger partial charge >= 0.3 is 0 Å². The fraction of sp³-hybridized carbons (Fsp3) is 0.188. The minimum Gasteiger partial charge on any atom is -0.343 e. The first-order valence-corrected chi connectivity index (χ1v) is 6.98. The summed E-state index contributed by atoms with van der Waals surface area (Å²) in [6.45, 7) is 3.89. The van der Waals surface area contributed by atoms with Crippen LogP contribution in [0, 0.1) is 0 Å². The largest absolute Gasteiger partial charge is 0.343 e. The molecule has 20 heavy (non-hydrogen) atoms. The summed E-state index contributed by atoms with van der Waals surface area (Å²) in [6.07, 6.45) is 0. The smallest absolute Gasteiger partial charge is 0.252 e. The van der Waals surface area contributed by atoms with Gasteiger partial charge in [0.25, 0.3) is 5.91 Å². The highest BCUT2D eigenvalue weighted by atomic mass is 35.5. The van der Waals surface area contributed by atoms with Gasteiger partial charge in [-0.05, 0) is 49.7 Å². The number of hydrogen-bond acceptors (Lipinski definition) is 1. The zero-order valence-electron chi connectivity index (χ0n) is 11.3. The zero-order chi connectivity index (χ0) is 14.8. The molecule has 2 aromatic carbocycles. The molecule has 1 amide bonds. The Morgan fingerprint density at radius 1 is 1.00 bits per heavy atom. The van der Waals surface area contributed by atoms with Crippen LogP contribution in [0.4, 0.5) is 0 Å². The normalized spacial score (nSPS) is 11.2. The predicted molar refractivity (Wildman–Crippen MR) is 83.4 cm³/mol. The Labute approximate surface area is 128 Å². The lowest BCUT2D eigenvalue weighted by molar-refractivity contribution is 0.0912. The minimum atomic E-state index is -0.496. The third-order valence-electron chi connectivity index (χ3n) is 3.08. The van der Waals surface area contributed by atoms with Gasteiger partial charge in [-0.3, -0.25) is 4.79 Å². The summed E-state index contributed by atoms with van der Waals surface area (Å²) in [5.41, 5.74) is 1.03. The molecule has 1 N–H and O–H groups in total. The van der Waals surface area contributed by atoms with Crippen molar-refractivity contribution < 1.29 is 4.79 Å². The van der Waals surface area contributed by atoms with E-state index in [9.17, 15) is 4.79 Å². The summed E-state index contributed by atoms with van der Waals surface area (Å²) < 4.78 is 0. The lowest BCUT2D eigenvalue weighted by atomic mass is 9.94. The van der Waals surface area contributed by atoms with Crippen LogP contribution in [0.15, 0.2) is 48.5 Å². The van der Waals surface area contributed by atoms with Crippen LogP contribution >= 0.6 is 23.2 Å². The van der Waals surface area contributed by atoms with Crippen LogP contribution in [0.5, 0.6) is 0 Å². The third-order valence-corrected chi connectivity index (χ3v) is 3.57. The van der Waals surface area contributed by atoms with E-state index in [1.54, 1.807) is 24.3 Å². The van der Waals surface area contributed by atoms with Gasteiger partial charge in [-0.15, -0.1) is 0 Å². The standard InChI is InChI=1S/C16H15Cl2NO/c1-16(2,12-6-8-13(17)9-7-12)19-15(20)11-4-3-5-14(18)10-11/h3-10H,1-2H3,(H,19,20). The summed E-state index contributed by atoms with van der Waals surface area (Å²) in [5, 5.41) is 4.21. The molecule has 0 heterocycles. The van der Waals surface area contributed by atoms with Crippen LogP contribution in [0.3, 0.4) is 0 Å². The maximum absolute atomic E-state index is 12.3. The van der Waals surface area contributed by atoms with Crippen LogP contribution in [-0.4, -0.2) is 5.91 Å². The summed E-state index contributed by atoms with van der Waals surface area (Å²) >= 11 is 11.8. The van der Waals surface area contributed by atoms with Gasteiger partial charge in [0.15, 0.2) is 0 Å². The number of rotatable bonds is 3. The number of benzene rings is 2. The average molecular weight is 308 g/mol. The van der Waals surface area contributed by atoms with Crippen LogP contribution in [0.1, 0.15) is 29.8 Å². The molecule has 0 aliphatic carbocycles. The Morgan fingerprint density at radius 3 is 2.25 bits per heavy atom. The minimum absolute atomic E-state index is 0.160. The maximum atomic E-state index is 12.3. The topological polar surface area (TPSA) is 29.1 Å². The Kier molecular flexibility index (Phi) is 4.36. The molecule has 0 saturated carbocycles. The first-order valence-electron chi connectivity index (χ1n) is 6.22. The molecule has 2 rings (SSSR count). The predicted octanol–water partition coefficient (Wildman–Crippen LogP) is 4.66. The van der Waals surface area contributed by atoms with E-state index in [0.29, 0.717) is 15.6 Å². The molecule has 0 fully saturated rings. The van der Waals surface area contributed by atoms with E-state index >= 15 is 0 Å². The molecule has 0 aromatic heterocycles. The Hall–Kier alpha value is -1.51. The molecule has 4 heteroatoms. The fourth-order valence-electron chi connectivity index (χ4n) is 1.92. The van der Waals surface area contributed by atoms with Crippen molar-refractivity contribution in [3.05, 3.63) is 69.7 Å². The van der Waals surface area contributed by atoms with Crippen molar-refractivity contribution in [2.75, 3.05) is 0 Å². The number of carbonyl (C=O) groups is 1. The second-order valence-corrected chi connectivity index (χ2v) is 5.97. The summed E-state index contributed by atoms with van der Waals surface area (Å²) in [5.74, 6) is -0.160. The van der Waals surface area contributed by atoms with Crippen molar-refractivity contribution in [3.8, 4) is 0 Å². The summed E-state index contributed by atoms with van der Waals surface area (Å²) in [6, 6.07) is 14.3.